The Hall–Kier alpha value is -1.92. The molecule has 0 saturated carbocycles. The number of anilines is 1. The quantitative estimate of drug-likeness (QED) is 0.530. The second-order valence-corrected chi connectivity index (χ2v) is 4.72. The molecule has 0 unspecified atom stereocenters. The third kappa shape index (κ3) is 3.34. The lowest BCUT2D eigenvalue weighted by Crippen LogP contribution is -2.04. The summed E-state index contributed by atoms with van der Waals surface area (Å²) in [6.07, 6.45) is 0. The molecule has 0 radical (unpaired) electrons. The SMILES string of the molecule is Cc1nc(Cl)c(NCc2cccc([N+](=O)[O-])c2)c(Cl)n1. The number of rotatable bonds is 4. The Balaban J connectivity index is 2.17. The fourth-order valence-electron chi connectivity index (χ4n) is 1.62. The molecule has 0 aliphatic rings. The summed E-state index contributed by atoms with van der Waals surface area (Å²) >= 11 is 12.0. The summed E-state index contributed by atoms with van der Waals surface area (Å²) in [5.74, 6) is 0.473. The normalized spacial score (nSPS) is 10.3. The van der Waals surface area contributed by atoms with E-state index in [2.05, 4.69) is 15.3 Å². The van der Waals surface area contributed by atoms with Crippen LogP contribution in [0.1, 0.15) is 11.4 Å². The maximum absolute atomic E-state index is 10.7. The van der Waals surface area contributed by atoms with E-state index in [1.54, 1.807) is 19.1 Å². The zero-order valence-corrected chi connectivity index (χ0v) is 11.9. The number of nitrogens with one attached hydrogen (secondary N) is 1. The van der Waals surface area contributed by atoms with Crippen LogP contribution in [-0.2, 0) is 6.54 Å². The molecule has 0 amide bonds. The number of nitro groups is 1. The molecule has 1 N–H and O–H groups in total. The first-order valence-electron chi connectivity index (χ1n) is 5.64. The van der Waals surface area contributed by atoms with Gasteiger partial charge < -0.3 is 5.32 Å². The average Bonchev–Trinajstić information content (AvgIpc) is 2.37. The first-order valence-corrected chi connectivity index (χ1v) is 6.40. The van der Waals surface area contributed by atoms with Crippen LogP contribution >= 0.6 is 23.2 Å². The van der Waals surface area contributed by atoms with Crippen LogP contribution in [0.25, 0.3) is 0 Å². The maximum atomic E-state index is 10.7. The van der Waals surface area contributed by atoms with E-state index < -0.39 is 4.92 Å². The van der Waals surface area contributed by atoms with E-state index in [-0.39, 0.29) is 16.0 Å². The van der Waals surface area contributed by atoms with Gasteiger partial charge >= 0.3 is 0 Å². The standard InChI is InChI=1S/C12H10Cl2N4O2/c1-7-16-11(13)10(12(14)17-7)15-6-8-3-2-4-9(5-8)18(19)20/h2-5,15H,6H2,1H3. The van der Waals surface area contributed by atoms with Crippen LogP contribution < -0.4 is 5.32 Å². The monoisotopic (exact) mass is 312 g/mol. The minimum Gasteiger partial charge on any atom is -0.376 e. The highest BCUT2D eigenvalue weighted by Gasteiger charge is 2.11. The number of nitro benzene ring substituents is 1. The largest absolute Gasteiger partial charge is 0.376 e. The van der Waals surface area contributed by atoms with Gasteiger partial charge in [-0.3, -0.25) is 10.1 Å². The van der Waals surface area contributed by atoms with Crippen molar-refractivity contribution in [1.82, 2.24) is 9.97 Å². The first kappa shape index (κ1) is 14.5. The van der Waals surface area contributed by atoms with E-state index in [0.29, 0.717) is 18.1 Å². The molecule has 8 heteroatoms. The van der Waals surface area contributed by atoms with Crippen molar-refractivity contribution < 1.29 is 4.92 Å². The smallest absolute Gasteiger partial charge is 0.269 e. The predicted molar refractivity (Wildman–Crippen MR) is 77.2 cm³/mol. The molecule has 104 valence electrons. The summed E-state index contributed by atoms with van der Waals surface area (Å²) < 4.78 is 0. The fraction of sp³-hybridized carbons (Fsp3) is 0.167. The average molecular weight is 313 g/mol. The number of nitrogens with zero attached hydrogens (tertiary/aromatic N) is 3. The van der Waals surface area contributed by atoms with Gasteiger partial charge in [-0.1, -0.05) is 35.3 Å². The highest BCUT2D eigenvalue weighted by Crippen LogP contribution is 2.27. The molecule has 1 heterocycles. The van der Waals surface area contributed by atoms with Gasteiger partial charge in [0, 0.05) is 18.7 Å². The molecule has 0 fully saturated rings. The molecule has 20 heavy (non-hydrogen) atoms. The molecule has 1 aromatic heterocycles. The van der Waals surface area contributed by atoms with Crippen molar-refractivity contribution in [3.8, 4) is 0 Å². The summed E-state index contributed by atoms with van der Waals surface area (Å²) in [6.45, 7) is 2.01. The van der Waals surface area contributed by atoms with Crippen LogP contribution in [-0.4, -0.2) is 14.9 Å². The Labute approximate surface area is 124 Å². The Morgan fingerprint density at radius 3 is 2.55 bits per heavy atom. The molecule has 0 aliphatic heterocycles. The van der Waals surface area contributed by atoms with E-state index >= 15 is 0 Å². The van der Waals surface area contributed by atoms with Gasteiger partial charge in [0.05, 0.1) is 4.92 Å². The van der Waals surface area contributed by atoms with Gasteiger partial charge in [0.15, 0.2) is 10.3 Å². The number of aryl methyl sites for hydroxylation is 1. The molecule has 0 bridgehead atoms. The number of non-ortho nitro benzene ring substituents is 1. The Morgan fingerprint density at radius 1 is 1.30 bits per heavy atom. The molecule has 6 nitrogen and oxygen atoms in total. The molecule has 1 aromatic carbocycles. The van der Waals surface area contributed by atoms with Gasteiger partial charge in [0.2, 0.25) is 0 Å². The Bertz CT molecular complexity index is 641. The van der Waals surface area contributed by atoms with Gasteiger partial charge in [-0.25, -0.2) is 9.97 Å². The summed E-state index contributed by atoms with van der Waals surface area (Å²) in [7, 11) is 0. The van der Waals surface area contributed by atoms with E-state index in [1.807, 2.05) is 0 Å². The Kier molecular flexibility index (Phi) is 4.36. The van der Waals surface area contributed by atoms with Gasteiger partial charge in [-0.05, 0) is 12.5 Å². The van der Waals surface area contributed by atoms with E-state index in [9.17, 15) is 10.1 Å². The van der Waals surface area contributed by atoms with Crippen molar-refractivity contribution in [3.63, 3.8) is 0 Å². The van der Waals surface area contributed by atoms with Crippen LogP contribution in [0.15, 0.2) is 24.3 Å². The van der Waals surface area contributed by atoms with Gasteiger partial charge in [0.25, 0.3) is 5.69 Å². The van der Waals surface area contributed by atoms with Gasteiger partial charge in [0.1, 0.15) is 11.5 Å². The third-order valence-electron chi connectivity index (χ3n) is 2.52. The number of hydrogen-bond acceptors (Lipinski definition) is 5. The molecule has 2 aromatic rings. The summed E-state index contributed by atoms with van der Waals surface area (Å²) in [6, 6.07) is 6.28. The van der Waals surface area contributed by atoms with Crippen LogP contribution in [0.5, 0.6) is 0 Å². The number of halogens is 2. The van der Waals surface area contributed by atoms with Crippen molar-refractivity contribution in [3.05, 3.63) is 56.1 Å². The molecule has 0 spiro atoms. The van der Waals surface area contributed by atoms with Gasteiger partial charge in [-0.15, -0.1) is 0 Å². The van der Waals surface area contributed by atoms with Gasteiger partial charge in [-0.2, -0.15) is 0 Å². The first-order chi connectivity index (χ1) is 9.47. The van der Waals surface area contributed by atoms with Crippen molar-refractivity contribution >= 4 is 34.6 Å². The molecule has 0 atom stereocenters. The highest BCUT2D eigenvalue weighted by atomic mass is 35.5. The number of benzene rings is 1. The molecular weight excluding hydrogens is 303 g/mol. The van der Waals surface area contributed by atoms with Crippen molar-refractivity contribution in [2.75, 3.05) is 5.32 Å². The lowest BCUT2D eigenvalue weighted by atomic mass is 10.2. The minimum atomic E-state index is -0.446. The van der Waals surface area contributed by atoms with Crippen molar-refractivity contribution in [1.29, 1.82) is 0 Å². The zero-order valence-electron chi connectivity index (χ0n) is 10.4. The second kappa shape index (κ2) is 6.02. The third-order valence-corrected chi connectivity index (χ3v) is 3.07. The lowest BCUT2D eigenvalue weighted by Gasteiger charge is -2.09. The van der Waals surface area contributed by atoms with Crippen LogP contribution in [0.4, 0.5) is 11.4 Å². The van der Waals surface area contributed by atoms with Crippen LogP contribution in [0, 0.1) is 17.0 Å². The predicted octanol–water partition coefficient (Wildman–Crippen LogP) is 3.61. The Morgan fingerprint density at radius 2 is 1.95 bits per heavy atom. The summed E-state index contributed by atoms with van der Waals surface area (Å²) in [5, 5.41) is 14.1. The molecule has 0 aliphatic carbocycles. The number of hydrogen-bond donors (Lipinski definition) is 1. The molecule has 2 rings (SSSR count). The molecule has 0 saturated heterocycles. The summed E-state index contributed by atoms with van der Waals surface area (Å²) in [5.41, 5.74) is 1.17. The van der Waals surface area contributed by atoms with Crippen LogP contribution in [0.2, 0.25) is 10.3 Å². The lowest BCUT2D eigenvalue weighted by molar-refractivity contribution is -0.384. The fourth-order valence-corrected chi connectivity index (χ4v) is 2.23. The highest BCUT2D eigenvalue weighted by molar-refractivity contribution is 6.37. The topological polar surface area (TPSA) is 81.0 Å². The van der Waals surface area contributed by atoms with Crippen LogP contribution in [0.3, 0.4) is 0 Å². The minimum absolute atomic E-state index is 0.0293. The van der Waals surface area contributed by atoms with E-state index in [1.165, 1.54) is 12.1 Å². The van der Waals surface area contributed by atoms with E-state index in [0.717, 1.165) is 5.56 Å². The van der Waals surface area contributed by atoms with E-state index in [4.69, 9.17) is 23.2 Å². The molecular formula is C12H10Cl2N4O2. The summed E-state index contributed by atoms with van der Waals surface area (Å²) in [4.78, 5) is 18.2. The maximum Gasteiger partial charge on any atom is 0.269 e. The zero-order chi connectivity index (χ0) is 14.7. The van der Waals surface area contributed by atoms with Crippen molar-refractivity contribution in [2.24, 2.45) is 0 Å². The van der Waals surface area contributed by atoms with Crippen molar-refractivity contribution in [2.45, 2.75) is 13.5 Å². The number of aromatic nitrogens is 2. The second-order valence-electron chi connectivity index (χ2n) is 4.01.